The zero-order chi connectivity index (χ0) is 17.3. The molecule has 126 valence electrons. The lowest BCUT2D eigenvalue weighted by molar-refractivity contribution is 0.0933. The van der Waals surface area contributed by atoms with Crippen molar-refractivity contribution in [2.24, 2.45) is 0 Å². The Hall–Kier alpha value is -2.36. The summed E-state index contributed by atoms with van der Waals surface area (Å²) in [5.74, 6) is 0.180. The minimum atomic E-state index is -0.415. The minimum Gasteiger partial charge on any atom is -0.488 e. The molecule has 0 aromatic heterocycles. The van der Waals surface area contributed by atoms with Crippen molar-refractivity contribution in [3.8, 4) is 5.75 Å². The summed E-state index contributed by atoms with van der Waals surface area (Å²) in [6, 6.07) is 12.0. The largest absolute Gasteiger partial charge is 0.488 e. The summed E-state index contributed by atoms with van der Waals surface area (Å²) in [5.41, 5.74) is 2.86. The number of hydrogen-bond donors (Lipinski definition) is 1. The molecule has 0 spiro atoms. The molecule has 1 aliphatic heterocycles. The van der Waals surface area contributed by atoms with Crippen molar-refractivity contribution in [3.63, 3.8) is 0 Å². The van der Waals surface area contributed by atoms with Gasteiger partial charge in [0.2, 0.25) is 0 Å². The summed E-state index contributed by atoms with van der Waals surface area (Å²) in [6.45, 7) is 6.94. The van der Waals surface area contributed by atoms with Gasteiger partial charge in [-0.05, 0) is 40.8 Å². The average Bonchev–Trinajstić information content (AvgIpc) is 2.93. The maximum Gasteiger partial charge on any atom is 0.251 e. The van der Waals surface area contributed by atoms with Crippen molar-refractivity contribution in [2.45, 2.75) is 38.7 Å². The van der Waals surface area contributed by atoms with Crippen LogP contribution in [0.1, 0.15) is 42.3 Å². The molecule has 2 aromatic rings. The summed E-state index contributed by atoms with van der Waals surface area (Å²) in [4.78, 5) is 12.1. The van der Waals surface area contributed by atoms with Gasteiger partial charge in [-0.25, -0.2) is 4.39 Å². The molecule has 0 bridgehead atoms. The topological polar surface area (TPSA) is 38.3 Å². The Morgan fingerprint density at radius 2 is 2.04 bits per heavy atom. The lowest BCUT2D eigenvalue weighted by Crippen LogP contribution is -2.34. The molecule has 0 radical (unpaired) electrons. The maximum atomic E-state index is 13.2. The van der Waals surface area contributed by atoms with E-state index in [1.165, 1.54) is 29.3 Å². The highest BCUT2D eigenvalue weighted by atomic mass is 19.1. The molecule has 24 heavy (non-hydrogen) atoms. The molecule has 1 aliphatic rings. The molecule has 1 atom stereocenters. The number of carbonyl (C=O) groups is 1. The van der Waals surface area contributed by atoms with Crippen molar-refractivity contribution in [1.82, 2.24) is 5.32 Å². The molecule has 0 fully saturated rings. The molecular formula is C20H22FNO2. The summed E-state index contributed by atoms with van der Waals surface area (Å²) >= 11 is 0. The zero-order valence-corrected chi connectivity index (χ0v) is 14.2. The van der Waals surface area contributed by atoms with Gasteiger partial charge in [-0.3, -0.25) is 4.79 Å². The Morgan fingerprint density at radius 3 is 2.75 bits per heavy atom. The molecule has 3 nitrogen and oxygen atoms in total. The van der Waals surface area contributed by atoms with Crippen LogP contribution in [0.2, 0.25) is 0 Å². The number of carbonyl (C=O) groups excluding carboxylic acids is 1. The highest BCUT2D eigenvalue weighted by molar-refractivity contribution is 5.94. The van der Waals surface area contributed by atoms with Gasteiger partial charge in [-0.15, -0.1) is 0 Å². The maximum absolute atomic E-state index is 13.2. The fraction of sp³-hybridized carbons (Fsp3) is 0.350. The van der Waals surface area contributed by atoms with Crippen LogP contribution in [0.5, 0.6) is 5.75 Å². The normalized spacial score (nSPS) is 16.4. The number of rotatable bonds is 3. The van der Waals surface area contributed by atoms with E-state index in [1.54, 1.807) is 6.07 Å². The monoisotopic (exact) mass is 327 g/mol. The van der Waals surface area contributed by atoms with Crippen molar-refractivity contribution in [1.29, 1.82) is 0 Å². The Bertz CT molecular complexity index is 764. The van der Waals surface area contributed by atoms with E-state index >= 15 is 0 Å². The molecule has 4 heteroatoms. The van der Waals surface area contributed by atoms with Crippen molar-refractivity contribution in [3.05, 3.63) is 65.0 Å². The van der Waals surface area contributed by atoms with Gasteiger partial charge in [0.15, 0.2) is 0 Å². The van der Waals surface area contributed by atoms with Crippen LogP contribution in [0.15, 0.2) is 42.5 Å². The number of fused-ring (bicyclic) bond motifs is 1. The second kappa shape index (κ2) is 6.27. The fourth-order valence-electron chi connectivity index (χ4n) is 2.84. The molecule has 1 N–H and O–H groups in total. The molecule has 2 aromatic carbocycles. The highest BCUT2D eigenvalue weighted by Crippen LogP contribution is 2.33. The molecule has 1 heterocycles. The van der Waals surface area contributed by atoms with Crippen LogP contribution in [0.3, 0.4) is 0 Å². The second-order valence-corrected chi connectivity index (χ2v) is 7.24. The van der Waals surface area contributed by atoms with Crippen LogP contribution in [0.25, 0.3) is 0 Å². The van der Waals surface area contributed by atoms with E-state index in [0.29, 0.717) is 12.1 Å². The van der Waals surface area contributed by atoms with Gasteiger partial charge in [-0.1, -0.05) is 39.0 Å². The molecule has 0 saturated heterocycles. The van der Waals surface area contributed by atoms with Gasteiger partial charge in [-0.2, -0.15) is 0 Å². The number of benzene rings is 2. The Balaban J connectivity index is 1.61. The molecule has 0 aliphatic carbocycles. The van der Waals surface area contributed by atoms with Crippen molar-refractivity contribution >= 4 is 5.91 Å². The van der Waals surface area contributed by atoms with Crippen molar-refractivity contribution < 1.29 is 13.9 Å². The molecule has 1 amide bonds. The number of amides is 1. The lowest BCUT2D eigenvalue weighted by atomic mass is 9.86. The number of halogens is 1. The quantitative estimate of drug-likeness (QED) is 0.930. The zero-order valence-electron chi connectivity index (χ0n) is 14.2. The van der Waals surface area contributed by atoms with E-state index in [2.05, 4.69) is 38.2 Å². The summed E-state index contributed by atoms with van der Waals surface area (Å²) in [5, 5.41) is 2.82. The van der Waals surface area contributed by atoms with Gasteiger partial charge in [0.25, 0.3) is 5.91 Å². The smallest absolute Gasteiger partial charge is 0.251 e. The predicted octanol–water partition coefficient (Wildman–Crippen LogP) is 3.86. The van der Waals surface area contributed by atoms with E-state index in [-0.39, 0.29) is 17.4 Å². The molecule has 0 unspecified atom stereocenters. The van der Waals surface area contributed by atoms with E-state index in [9.17, 15) is 9.18 Å². The van der Waals surface area contributed by atoms with Crippen LogP contribution in [0.4, 0.5) is 4.39 Å². The first kappa shape index (κ1) is 16.5. The Morgan fingerprint density at radius 1 is 1.25 bits per heavy atom. The van der Waals surface area contributed by atoms with Gasteiger partial charge in [0, 0.05) is 12.0 Å². The summed E-state index contributed by atoms with van der Waals surface area (Å²) in [6.07, 6.45) is 0.676. The Labute approximate surface area is 141 Å². The standard InChI is InChI=1S/C20H22FNO2/c1-20(2,3)15-7-8-18-14(9-15)11-17(24-18)12-22-19(23)13-5-4-6-16(21)10-13/h4-10,17H,11-12H2,1-3H3,(H,22,23)/t17-/m0/s1. The third kappa shape index (κ3) is 3.58. The van der Waals surface area contributed by atoms with E-state index in [0.717, 1.165) is 12.2 Å². The molecule has 3 rings (SSSR count). The van der Waals surface area contributed by atoms with Gasteiger partial charge in [0.1, 0.15) is 17.7 Å². The first-order valence-electron chi connectivity index (χ1n) is 8.17. The summed E-state index contributed by atoms with van der Waals surface area (Å²) < 4.78 is 19.1. The highest BCUT2D eigenvalue weighted by Gasteiger charge is 2.25. The first-order valence-corrected chi connectivity index (χ1v) is 8.17. The second-order valence-electron chi connectivity index (χ2n) is 7.24. The number of nitrogens with one attached hydrogen (secondary N) is 1. The van der Waals surface area contributed by atoms with Crippen LogP contribution in [-0.4, -0.2) is 18.6 Å². The van der Waals surface area contributed by atoms with E-state index < -0.39 is 5.82 Å². The van der Waals surface area contributed by atoms with E-state index in [4.69, 9.17) is 4.74 Å². The van der Waals surface area contributed by atoms with Crippen LogP contribution in [0, 0.1) is 5.82 Å². The number of ether oxygens (including phenoxy) is 1. The average molecular weight is 327 g/mol. The van der Waals surface area contributed by atoms with Crippen LogP contribution >= 0.6 is 0 Å². The Kier molecular flexibility index (Phi) is 4.31. The first-order chi connectivity index (χ1) is 11.3. The lowest BCUT2D eigenvalue weighted by Gasteiger charge is -2.19. The van der Waals surface area contributed by atoms with Crippen molar-refractivity contribution in [2.75, 3.05) is 6.54 Å². The van der Waals surface area contributed by atoms with Crippen LogP contribution in [-0.2, 0) is 11.8 Å². The van der Waals surface area contributed by atoms with Gasteiger partial charge in [0.05, 0.1) is 6.54 Å². The summed E-state index contributed by atoms with van der Waals surface area (Å²) in [7, 11) is 0. The fourth-order valence-corrected chi connectivity index (χ4v) is 2.84. The van der Waals surface area contributed by atoms with Crippen LogP contribution < -0.4 is 10.1 Å². The number of hydrogen-bond acceptors (Lipinski definition) is 2. The molecular weight excluding hydrogens is 305 g/mol. The minimum absolute atomic E-state index is 0.0901. The van der Waals surface area contributed by atoms with Gasteiger partial charge >= 0.3 is 0 Å². The SMILES string of the molecule is CC(C)(C)c1ccc2c(c1)C[C@@H](CNC(=O)c1cccc(F)c1)O2. The predicted molar refractivity (Wildman–Crippen MR) is 92.0 cm³/mol. The van der Waals surface area contributed by atoms with Gasteiger partial charge < -0.3 is 10.1 Å². The third-order valence-electron chi connectivity index (χ3n) is 4.24. The van der Waals surface area contributed by atoms with E-state index in [1.807, 2.05) is 6.07 Å². The molecule has 0 saturated carbocycles. The third-order valence-corrected chi connectivity index (χ3v) is 4.24.